The zero-order valence-corrected chi connectivity index (χ0v) is 48.8. The van der Waals surface area contributed by atoms with Gasteiger partial charge in [0.1, 0.15) is 29.4 Å². The minimum atomic E-state index is -0.953. The van der Waals surface area contributed by atoms with E-state index >= 15 is 4.39 Å². The third-order valence-electron chi connectivity index (χ3n) is 13.7. The van der Waals surface area contributed by atoms with Crippen LogP contribution in [0.15, 0.2) is 95.6 Å². The van der Waals surface area contributed by atoms with Gasteiger partial charge in [-0.3, -0.25) is 24.2 Å². The zero-order chi connectivity index (χ0) is 59.0. The lowest BCUT2D eigenvalue weighted by Crippen LogP contribution is -2.57. The fourth-order valence-corrected chi connectivity index (χ4v) is 10.4. The highest BCUT2D eigenvalue weighted by Gasteiger charge is 2.44. The summed E-state index contributed by atoms with van der Waals surface area (Å²) in [6.07, 6.45) is 0.874. The number of thiazole rings is 1. The van der Waals surface area contributed by atoms with Crippen molar-refractivity contribution in [2.75, 3.05) is 85.5 Å². The van der Waals surface area contributed by atoms with E-state index in [1.54, 1.807) is 65.5 Å². The lowest BCUT2D eigenvalue weighted by atomic mass is 9.85. The predicted octanol–water partition coefficient (Wildman–Crippen LogP) is 7.48. The Morgan fingerprint density at radius 2 is 1.55 bits per heavy atom. The minimum absolute atomic E-state index is 0.000543. The number of fused-ring (bicyclic) bond motifs is 3. The van der Waals surface area contributed by atoms with E-state index in [9.17, 15) is 24.3 Å². The number of ether oxygens (including phenoxy) is 6. The molecule has 0 saturated carbocycles. The number of aliphatic hydroxyl groups excluding tert-OH is 1. The summed E-state index contributed by atoms with van der Waals surface area (Å²) in [5.41, 5.74) is 8.05. The summed E-state index contributed by atoms with van der Waals surface area (Å²) in [5.74, 6) is -1.12. The molecule has 83 heavy (non-hydrogen) atoms. The van der Waals surface area contributed by atoms with Crippen LogP contribution in [-0.2, 0) is 46.4 Å². The van der Waals surface area contributed by atoms with E-state index in [4.69, 9.17) is 50.0 Å². The number of rotatable bonds is 27. The summed E-state index contributed by atoms with van der Waals surface area (Å²) in [7, 11) is 2.95. The molecule has 0 unspecified atom stereocenters. The van der Waals surface area contributed by atoms with Crippen LogP contribution in [0.5, 0.6) is 11.5 Å². The van der Waals surface area contributed by atoms with Crippen LogP contribution >= 0.6 is 22.9 Å². The Labute approximate surface area is 490 Å². The van der Waals surface area contributed by atoms with Crippen LogP contribution in [0.4, 0.5) is 16.0 Å². The molecule has 2 aliphatic heterocycles. The molecule has 4 amide bonds. The third-order valence-corrected chi connectivity index (χ3v) is 14.9. The van der Waals surface area contributed by atoms with Gasteiger partial charge in [-0.05, 0) is 59.9 Å². The van der Waals surface area contributed by atoms with Crippen LogP contribution in [0.1, 0.15) is 71.9 Å². The molecule has 4 heterocycles. The number of hydrogen-bond acceptors (Lipinski definition) is 17. The fraction of sp³-hybridized carbons (Fsp3) is 0.400. The van der Waals surface area contributed by atoms with Crippen LogP contribution < -0.4 is 30.7 Å². The van der Waals surface area contributed by atoms with E-state index in [1.165, 1.54) is 25.2 Å². The number of aryl methyl sites for hydroxylation is 1. The molecule has 8 rings (SSSR count). The Hall–Kier alpha value is -7.44. The molecule has 4 aromatic carbocycles. The van der Waals surface area contributed by atoms with E-state index in [1.807, 2.05) is 58.0 Å². The van der Waals surface area contributed by atoms with Gasteiger partial charge < -0.3 is 59.7 Å². The molecule has 0 aliphatic carbocycles. The normalized spacial score (nSPS) is 15.1. The Bertz CT molecular complexity index is 3270. The lowest BCUT2D eigenvalue weighted by Gasteiger charge is -2.35. The van der Waals surface area contributed by atoms with Gasteiger partial charge >= 0.3 is 0 Å². The lowest BCUT2D eigenvalue weighted by molar-refractivity contribution is -0.144. The van der Waals surface area contributed by atoms with E-state index in [0.29, 0.717) is 76.7 Å². The summed E-state index contributed by atoms with van der Waals surface area (Å²) in [5, 5.41) is 22.8. The molecule has 0 spiro atoms. The SMILES string of the molecule is COc1cc(Nc2ncc3c(n2)-c2ccc(Cl)cc2C(c2c(F)cccc2OC)=NC3)ccc1C(=O)NCCOCCOCCOCCOCCC(=O)N[C@H](C(=O)N1C[C@H](O)C[C@H]1C(=O)NCc1ccc(-c2scnc2C)cc1)C(C)(C)C. The second-order valence-electron chi connectivity index (χ2n) is 20.7. The molecule has 6 aromatic rings. The number of aliphatic hydroxyl groups is 1. The number of carbonyl (C=O) groups is 4. The zero-order valence-electron chi connectivity index (χ0n) is 47.2. The van der Waals surface area contributed by atoms with Crippen molar-refractivity contribution in [3.8, 4) is 33.2 Å². The Morgan fingerprint density at radius 1 is 0.843 bits per heavy atom. The van der Waals surface area contributed by atoms with E-state index in [0.717, 1.165) is 27.3 Å². The van der Waals surface area contributed by atoms with Crippen molar-refractivity contribution < 1.29 is 57.1 Å². The number of nitrogens with one attached hydrogen (secondary N) is 4. The van der Waals surface area contributed by atoms with Gasteiger partial charge in [-0.2, -0.15) is 0 Å². The molecular formula is C60H69ClFN9O11S. The average Bonchev–Trinajstić information content (AvgIpc) is 3.66. The van der Waals surface area contributed by atoms with Gasteiger partial charge in [0.15, 0.2) is 0 Å². The monoisotopic (exact) mass is 1180 g/mol. The van der Waals surface area contributed by atoms with Crippen LogP contribution in [0.25, 0.3) is 21.7 Å². The number of halogens is 2. The largest absolute Gasteiger partial charge is 0.496 e. The van der Waals surface area contributed by atoms with Crippen LogP contribution in [0.3, 0.4) is 0 Å². The van der Waals surface area contributed by atoms with Crippen molar-refractivity contribution in [3.05, 3.63) is 135 Å². The van der Waals surface area contributed by atoms with Gasteiger partial charge in [0.25, 0.3) is 5.91 Å². The first-order valence-electron chi connectivity index (χ1n) is 27.2. The Kier molecular flexibility index (Phi) is 21.7. The molecule has 1 saturated heterocycles. The maximum atomic E-state index is 15.3. The first kappa shape index (κ1) is 61.6. The molecule has 440 valence electrons. The number of methoxy groups -OCH3 is 2. The van der Waals surface area contributed by atoms with Crippen LogP contribution in [0, 0.1) is 18.2 Å². The molecule has 1 fully saturated rings. The van der Waals surface area contributed by atoms with Gasteiger partial charge in [0, 0.05) is 72.1 Å². The Balaban J connectivity index is 0.682. The molecule has 2 aromatic heterocycles. The summed E-state index contributed by atoms with van der Waals surface area (Å²) in [4.78, 5) is 74.6. The molecule has 0 bridgehead atoms. The molecule has 5 N–H and O–H groups in total. The summed E-state index contributed by atoms with van der Waals surface area (Å²) in [6.45, 7) is 10.2. The number of aromatic nitrogens is 3. The highest BCUT2D eigenvalue weighted by Crippen LogP contribution is 2.37. The molecule has 0 radical (unpaired) electrons. The number of aliphatic imine (C=N–C) groups is 1. The molecule has 2 aliphatic rings. The van der Waals surface area contributed by atoms with E-state index < -0.39 is 35.3 Å². The van der Waals surface area contributed by atoms with Gasteiger partial charge in [-0.25, -0.2) is 19.3 Å². The number of nitrogens with zero attached hydrogens (tertiary/aromatic N) is 5. The quantitative estimate of drug-likeness (QED) is 0.0314. The number of benzene rings is 4. The highest BCUT2D eigenvalue weighted by molar-refractivity contribution is 7.13. The molecule has 23 heteroatoms. The van der Waals surface area contributed by atoms with Gasteiger partial charge in [-0.15, -0.1) is 11.3 Å². The van der Waals surface area contributed by atoms with E-state index in [-0.39, 0.29) is 94.7 Å². The second-order valence-corrected chi connectivity index (χ2v) is 22.0. The van der Waals surface area contributed by atoms with Crippen molar-refractivity contribution in [1.29, 1.82) is 0 Å². The maximum absolute atomic E-state index is 15.3. The van der Waals surface area contributed by atoms with E-state index in [2.05, 4.69) is 31.2 Å². The van der Waals surface area contributed by atoms with Crippen molar-refractivity contribution in [3.63, 3.8) is 0 Å². The number of carbonyl (C=O) groups excluding carboxylic acids is 4. The number of hydrogen-bond donors (Lipinski definition) is 5. The summed E-state index contributed by atoms with van der Waals surface area (Å²) in [6, 6.07) is 20.9. The number of likely N-dealkylation sites (tertiary alicyclic amines) is 1. The van der Waals surface area contributed by atoms with Gasteiger partial charge in [0.2, 0.25) is 23.7 Å². The topological polar surface area (TPSA) is 246 Å². The second kappa shape index (κ2) is 29.2. The first-order valence-corrected chi connectivity index (χ1v) is 28.4. The van der Waals surface area contributed by atoms with Gasteiger partial charge in [-0.1, -0.05) is 68.8 Å². The minimum Gasteiger partial charge on any atom is -0.496 e. The average molecular weight is 1180 g/mol. The maximum Gasteiger partial charge on any atom is 0.255 e. The first-order chi connectivity index (χ1) is 40.0. The van der Waals surface area contributed by atoms with Crippen molar-refractivity contribution >= 4 is 63.9 Å². The van der Waals surface area contributed by atoms with Crippen molar-refractivity contribution in [2.45, 2.75) is 71.8 Å². The van der Waals surface area contributed by atoms with Crippen LogP contribution in [-0.4, -0.2) is 153 Å². The third kappa shape index (κ3) is 16.2. The van der Waals surface area contributed by atoms with Crippen molar-refractivity contribution in [1.82, 2.24) is 35.8 Å². The van der Waals surface area contributed by atoms with Gasteiger partial charge in [0.05, 0.1) is 118 Å². The smallest absolute Gasteiger partial charge is 0.255 e. The number of β-amino-alcohol motifs (C(OH)–C–C–N with tert-alkyl or cyclic N) is 1. The summed E-state index contributed by atoms with van der Waals surface area (Å²) >= 11 is 8.03. The Morgan fingerprint density at radius 3 is 2.24 bits per heavy atom. The summed E-state index contributed by atoms with van der Waals surface area (Å²) < 4.78 is 48.9. The molecule has 20 nitrogen and oxygen atoms in total. The molecular weight excluding hydrogens is 1110 g/mol. The highest BCUT2D eigenvalue weighted by atomic mass is 35.5. The molecule has 3 atom stereocenters. The standard InChI is InChI=1S/C60H69ClFN9O11S/c1-36-54(83-35-67-36)38-12-10-37(11-13-38)31-65-57(75)47-30-42(72)34-71(47)58(76)55(60(2,3)4)69-50(73)18-20-79-22-24-81-26-27-82-25-23-80-21-19-63-56(74)44-17-15-41(29-49(44)78-6)68-59-66-33-39-32-64-53(51-46(62)8-7-9-48(51)77-5)45-28-40(61)14-16-43(45)52(39)70-59/h7-17,28-29,33,35,42,47,55,72H,18-27,30-32,34H2,1-6H3,(H,63,74)(H,65,75)(H,69,73)(H,66,68,70)/t42-,47+,55-/m1/s1. The number of amides is 4. The van der Waals surface area contributed by atoms with Crippen molar-refractivity contribution in [2.24, 2.45) is 10.4 Å². The van der Waals surface area contributed by atoms with Crippen LogP contribution in [0.2, 0.25) is 5.02 Å². The fourth-order valence-electron chi connectivity index (χ4n) is 9.46. The predicted molar refractivity (Wildman–Crippen MR) is 313 cm³/mol. The number of anilines is 2.